The van der Waals surface area contributed by atoms with E-state index in [1.807, 2.05) is 0 Å². The lowest BCUT2D eigenvalue weighted by Crippen LogP contribution is -2.23. The monoisotopic (exact) mass is 355 g/mol. The minimum atomic E-state index is -0.316. The summed E-state index contributed by atoms with van der Waals surface area (Å²) in [6, 6.07) is 12.3. The first kappa shape index (κ1) is 16.8. The molecule has 3 rings (SSSR count). The molecule has 0 bridgehead atoms. The minimum absolute atomic E-state index is 0.0393. The van der Waals surface area contributed by atoms with Crippen molar-refractivity contribution in [3.05, 3.63) is 63.2 Å². The van der Waals surface area contributed by atoms with E-state index in [1.165, 1.54) is 18.8 Å². The highest BCUT2D eigenvalue weighted by atomic mass is 35.5. The van der Waals surface area contributed by atoms with E-state index in [1.54, 1.807) is 36.4 Å². The first-order valence-electron chi connectivity index (χ1n) is 7.39. The van der Waals surface area contributed by atoms with Crippen LogP contribution in [0.3, 0.4) is 0 Å². The van der Waals surface area contributed by atoms with E-state index in [0.717, 1.165) is 0 Å². The van der Waals surface area contributed by atoms with Gasteiger partial charge in [-0.25, -0.2) is 4.98 Å². The Labute approximate surface area is 148 Å². The molecular formula is C18H14ClN3O3. The summed E-state index contributed by atoms with van der Waals surface area (Å²) in [5.74, 6) is 0.894. The third-order valence-corrected chi connectivity index (χ3v) is 4.17. The smallest absolute Gasteiger partial charge is 0.262 e. The molecule has 0 saturated heterocycles. The maximum Gasteiger partial charge on any atom is 0.262 e. The number of halogens is 1. The predicted molar refractivity (Wildman–Crippen MR) is 94.4 cm³/mol. The molecule has 0 atom stereocenters. The van der Waals surface area contributed by atoms with E-state index in [-0.39, 0.29) is 17.4 Å². The minimum Gasteiger partial charge on any atom is -0.493 e. The Bertz CT molecular complexity index is 1050. The van der Waals surface area contributed by atoms with Crippen LogP contribution in [0.25, 0.3) is 10.9 Å². The van der Waals surface area contributed by atoms with Gasteiger partial charge >= 0.3 is 0 Å². The first-order valence-corrected chi connectivity index (χ1v) is 7.77. The van der Waals surface area contributed by atoms with E-state index in [4.69, 9.17) is 21.1 Å². The van der Waals surface area contributed by atoms with Crippen molar-refractivity contribution in [3.63, 3.8) is 0 Å². The van der Waals surface area contributed by atoms with Gasteiger partial charge in [0.05, 0.1) is 43.3 Å². The molecule has 0 aliphatic carbocycles. The molecule has 0 amide bonds. The second-order valence-corrected chi connectivity index (χ2v) is 5.60. The van der Waals surface area contributed by atoms with Gasteiger partial charge in [0.1, 0.15) is 0 Å². The third kappa shape index (κ3) is 3.02. The van der Waals surface area contributed by atoms with Crippen LogP contribution in [0.4, 0.5) is 0 Å². The Balaban J connectivity index is 2.20. The van der Waals surface area contributed by atoms with E-state index in [2.05, 4.69) is 11.1 Å². The number of aromatic nitrogens is 2. The van der Waals surface area contributed by atoms with E-state index >= 15 is 0 Å². The number of ether oxygens (including phenoxy) is 2. The molecule has 0 aliphatic heterocycles. The van der Waals surface area contributed by atoms with Crippen LogP contribution < -0.4 is 15.0 Å². The average Bonchev–Trinajstić information content (AvgIpc) is 2.64. The fourth-order valence-corrected chi connectivity index (χ4v) is 2.82. The molecule has 1 aromatic heterocycles. The van der Waals surface area contributed by atoms with Gasteiger partial charge in [-0.1, -0.05) is 18.2 Å². The lowest BCUT2D eigenvalue weighted by atomic mass is 10.1. The number of nitrogens with zero attached hydrogens (tertiary/aromatic N) is 3. The van der Waals surface area contributed by atoms with Gasteiger partial charge in [-0.05, 0) is 29.3 Å². The highest BCUT2D eigenvalue weighted by Crippen LogP contribution is 2.30. The Kier molecular flexibility index (Phi) is 4.59. The predicted octanol–water partition coefficient (Wildman–Crippen LogP) is 2.99. The van der Waals surface area contributed by atoms with Crippen molar-refractivity contribution in [2.24, 2.45) is 0 Å². The lowest BCUT2D eigenvalue weighted by Gasteiger charge is -2.12. The normalized spacial score (nSPS) is 10.5. The van der Waals surface area contributed by atoms with Gasteiger partial charge in [0, 0.05) is 6.07 Å². The van der Waals surface area contributed by atoms with Crippen molar-refractivity contribution in [2.75, 3.05) is 14.2 Å². The van der Waals surface area contributed by atoms with Crippen molar-refractivity contribution in [2.45, 2.75) is 6.54 Å². The largest absolute Gasteiger partial charge is 0.493 e. The molecule has 6 nitrogen and oxygen atoms in total. The third-order valence-electron chi connectivity index (χ3n) is 3.88. The molecule has 0 fully saturated rings. The van der Waals surface area contributed by atoms with Crippen LogP contribution in [-0.4, -0.2) is 23.8 Å². The van der Waals surface area contributed by atoms with E-state index < -0.39 is 0 Å². The van der Waals surface area contributed by atoms with Crippen molar-refractivity contribution in [3.8, 4) is 17.6 Å². The molecule has 25 heavy (non-hydrogen) atoms. The van der Waals surface area contributed by atoms with Crippen LogP contribution in [0.5, 0.6) is 11.5 Å². The molecule has 126 valence electrons. The zero-order valence-electron chi connectivity index (χ0n) is 13.6. The van der Waals surface area contributed by atoms with Gasteiger partial charge in [-0.2, -0.15) is 5.26 Å². The van der Waals surface area contributed by atoms with Crippen molar-refractivity contribution < 1.29 is 9.47 Å². The number of methoxy groups -OCH3 is 2. The first-order chi connectivity index (χ1) is 12.1. The highest BCUT2D eigenvalue weighted by Gasteiger charge is 2.15. The van der Waals surface area contributed by atoms with Crippen LogP contribution in [0, 0.1) is 11.3 Å². The zero-order valence-corrected chi connectivity index (χ0v) is 14.4. The van der Waals surface area contributed by atoms with Crippen molar-refractivity contribution in [1.29, 1.82) is 5.26 Å². The van der Waals surface area contributed by atoms with Crippen molar-refractivity contribution >= 4 is 22.5 Å². The van der Waals surface area contributed by atoms with Crippen LogP contribution >= 0.6 is 11.6 Å². The Morgan fingerprint density at radius 1 is 1.20 bits per heavy atom. The molecule has 3 aromatic rings. The number of hydrogen-bond donors (Lipinski definition) is 0. The highest BCUT2D eigenvalue weighted by molar-refractivity contribution is 6.28. The molecular weight excluding hydrogens is 342 g/mol. The maximum absolute atomic E-state index is 12.9. The summed E-state index contributed by atoms with van der Waals surface area (Å²) in [6.07, 6.45) is 0. The Morgan fingerprint density at radius 2 is 1.88 bits per heavy atom. The summed E-state index contributed by atoms with van der Waals surface area (Å²) in [6.45, 7) is 0.151. The molecule has 1 heterocycles. The number of rotatable bonds is 4. The standard InChI is InChI=1S/C18H14ClN3O3/c1-24-15-7-13-14(8-16(15)25-2)21-18(19)22(17(13)23)10-12-6-4-3-5-11(12)9-20/h3-8H,10H2,1-2H3. The number of fused-ring (bicyclic) bond motifs is 1. The summed E-state index contributed by atoms with van der Waals surface area (Å²) in [5.41, 5.74) is 1.27. The maximum atomic E-state index is 12.9. The van der Waals surface area contributed by atoms with E-state index in [0.29, 0.717) is 33.5 Å². The molecule has 0 N–H and O–H groups in total. The quantitative estimate of drug-likeness (QED) is 0.672. The Morgan fingerprint density at radius 3 is 2.56 bits per heavy atom. The van der Waals surface area contributed by atoms with Crippen molar-refractivity contribution in [1.82, 2.24) is 9.55 Å². The topological polar surface area (TPSA) is 77.1 Å². The zero-order chi connectivity index (χ0) is 18.0. The fourth-order valence-electron chi connectivity index (χ4n) is 2.60. The Hall–Kier alpha value is -3.04. The van der Waals surface area contributed by atoms with Gasteiger partial charge in [-0.3, -0.25) is 9.36 Å². The lowest BCUT2D eigenvalue weighted by molar-refractivity contribution is 0.355. The van der Waals surface area contributed by atoms with Crippen LogP contribution in [0.15, 0.2) is 41.2 Å². The molecule has 7 heteroatoms. The SMILES string of the molecule is COc1cc2nc(Cl)n(Cc3ccccc3C#N)c(=O)c2cc1OC. The molecule has 0 spiro atoms. The average molecular weight is 356 g/mol. The van der Waals surface area contributed by atoms with Crippen LogP contribution in [0.2, 0.25) is 5.28 Å². The second-order valence-electron chi connectivity index (χ2n) is 5.27. The summed E-state index contributed by atoms with van der Waals surface area (Å²) < 4.78 is 11.8. The summed E-state index contributed by atoms with van der Waals surface area (Å²) in [4.78, 5) is 17.2. The van der Waals surface area contributed by atoms with Crippen LogP contribution in [0.1, 0.15) is 11.1 Å². The van der Waals surface area contributed by atoms with Gasteiger partial charge in [0.2, 0.25) is 5.28 Å². The van der Waals surface area contributed by atoms with Gasteiger partial charge in [0.15, 0.2) is 11.5 Å². The van der Waals surface area contributed by atoms with Gasteiger partial charge in [-0.15, -0.1) is 0 Å². The van der Waals surface area contributed by atoms with E-state index in [9.17, 15) is 10.1 Å². The number of benzene rings is 2. The van der Waals surface area contributed by atoms with Gasteiger partial charge in [0.25, 0.3) is 5.56 Å². The molecule has 0 radical (unpaired) electrons. The number of nitriles is 1. The molecule has 0 aliphatic rings. The molecule has 0 saturated carbocycles. The second kappa shape index (κ2) is 6.83. The summed E-state index contributed by atoms with van der Waals surface area (Å²) >= 11 is 6.22. The summed E-state index contributed by atoms with van der Waals surface area (Å²) in [5, 5.41) is 9.61. The molecule has 2 aromatic carbocycles. The van der Waals surface area contributed by atoms with Crippen LogP contribution in [-0.2, 0) is 6.54 Å². The van der Waals surface area contributed by atoms with Gasteiger partial charge < -0.3 is 9.47 Å². The fraction of sp³-hybridized carbons (Fsp3) is 0.167. The summed E-state index contributed by atoms with van der Waals surface area (Å²) in [7, 11) is 3.00. The number of hydrogen-bond acceptors (Lipinski definition) is 5. The molecule has 0 unspecified atom stereocenters.